The molecule has 18 heavy (non-hydrogen) atoms. The number of halogens is 1. The van der Waals surface area contributed by atoms with E-state index in [2.05, 4.69) is 14.7 Å². The zero-order chi connectivity index (χ0) is 13.0. The Kier molecular flexibility index (Phi) is 3.47. The van der Waals surface area contributed by atoms with E-state index in [1.54, 1.807) is 24.3 Å². The van der Waals surface area contributed by atoms with Gasteiger partial charge in [-0.3, -0.25) is 0 Å². The maximum Gasteiger partial charge on any atom is 0.337 e. The second-order valence-corrected chi connectivity index (χ2v) is 3.30. The van der Waals surface area contributed by atoms with Crippen molar-refractivity contribution < 1.29 is 18.7 Å². The van der Waals surface area contributed by atoms with Gasteiger partial charge in [-0.15, -0.1) is 0 Å². The molecule has 0 atom stereocenters. The number of carbonyl (C=O) groups excluding carboxylic acids is 1. The molecule has 0 spiro atoms. The summed E-state index contributed by atoms with van der Waals surface area (Å²) in [6.45, 7) is 0. The molecule has 2 aromatic rings. The number of rotatable bonds is 3. The molecule has 92 valence electrons. The van der Waals surface area contributed by atoms with Crippen LogP contribution in [0.2, 0.25) is 0 Å². The van der Waals surface area contributed by atoms with Gasteiger partial charge in [-0.2, -0.15) is 0 Å². The van der Waals surface area contributed by atoms with Gasteiger partial charge in [-0.1, -0.05) is 0 Å². The predicted molar refractivity (Wildman–Crippen MR) is 59.8 cm³/mol. The average molecular weight is 248 g/mol. The first-order chi connectivity index (χ1) is 8.69. The van der Waals surface area contributed by atoms with Gasteiger partial charge in [0.2, 0.25) is 0 Å². The summed E-state index contributed by atoms with van der Waals surface area (Å²) < 4.78 is 22.4. The molecule has 6 heteroatoms. The molecule has 2 rings (SSSR count). The summed E-state index contributed by atoms with van der Waals surface area (Å²) in [5.41, 5.74) is 0.407. The highest BCUT2D eigenvalue weighted by Gasteiger charge is 2.06. The van der Waals surface area contributed by atoms with Crippen molar-refractivity contribution >= 4 is 5.97 Å². The van der Waals surface area contributed by atoms with E-state index in [1.807, 2.05) is 0 Å². The van der Waals surface area contributed by atoms with Crippen LogP contribution >= 0.6 is 0 Å². The van der Waals surface area contributed by atoms with Crippen molar-refractivity contribution in [2.45, 2.75) is 0 Å². The third kappa shape index (κ3) is 2.79. The molecule has 0 fully saturated rings. The van der Waals surface area contributed by atoms with Crippen LogP contribution in [0.5, 0.6) is 11.8 Å². The summed E-state index contributed by atoms with van der Waals surface area (Å²) in [4.78, 5) is 18.5. The molecular weight excluding hydrogens is 239 g/mol. The predicted octanol–water partition coefficient (Wildman–Crippen LogP) is 2.19. The van der Waals surface area contributed by atoms with Crippen molar-refractivity contribution in [3.63, 3.8) is 0 Å². The molecule has 0 aliphatic carbocycles. The number of hydrogen-bond donors (Lipinski definition) is 0. The highest BCUT2D eigenvalue weighted by atomic mass is 19.1. The van der Waals surface area contributed by atoms with Crippen molar-refractivity contribution in [2.24, 2.45) is 0 Å². The Morgan fingerprint density at radius 1 is 1.17 bits per heavy atom. The van der Waals surface area contributed by atoms with Gasteiger partial charge in [0.25, 0.3) is 0 Å². The second-order valence-electron chi connectivity index (χ2n) is 3.30. The van der Waals surface area contributed by atoms with Crippen LogP contribution < -0.4 is 4.74 Å². The Labute approximate surface area is 102 Å². The zero-order valence-electron chi connectivity index (χ0n) is 9.46. The van der Waals surface area contributed by atoms with Crippen LogP contribution in [-0.4, -0.2) is 23.0 Å². The van der Waals surface area contributed by atoms with Crippen LogP contribution in [0, 0.1) is 5.82 Å². The van der Waals surface area contributed by atoms with E-state index >= 15 is 0 Å². The van der Waals surface area contributed by atoms with Crippen LogP contribution in [0.25, 0.3) is 0 Å². The summed E-state index contributed by atoms with van der Waals surface area (Å²) in [5.74, 6) is -0.530. The minimum atomic E-state index is -0.539. The van der Waals surface area contributed by atoms with Gasteiger partial charge in [0.1, 0.15) is 5.75 Å². The van der Waals surface area contributed by atoms with E-state index in [1.165, 1.54) is 7.11 Å². The topological polar surface area (TPSA) is 61.3 Å². The normalized spacial score (nSPS) is 9.89. The van der Waals surface area contributed by atoms with E-state index in [0.717, 1.165) is 12.4 Å². The second kappa shape index (κ2) is 5.22. The third-order valence-electron chi connectivity index (χ3n) is 2.08. The zero-order valence-corrected chi connectivity index (χ0v) is 9.46. The van der Waals surface area contributed by atoms with Gasteiger partial charge in [0.05, 0.1) is 25.1 Å². The van der Waals surface area contributed by atoms with Gasteiger partial charge < -0.3 is 9.47 Å². The van der Waals surface area contributed by atoms with Crippen LogP contribution in [0.15, 0.2) is 36.7 Å². The van der Waals surface area contributed by atoms with E-state index in [-0.39, 0.29) is 6.01 Å². The summed E-state index contributed by atoms with van der Waals surface area (Å²) in [5, 5.41) is 0. The highest BCUT2D eigenvalue weighted by Crippen LogP contribution is 2.18. The number of aromatic nitrogens is 2. The third-order valence-corrected chi connectivity index (χ3v) is 2.08. The minimum Gasteiger partial charge on any atom is -0.465 e. The minimum absolute atomic E-state index is 0.0298. The largest absolute Gasteiger partial charge is 0.465 e. The lowest BCUT2D eigenvalue weighted by molar-refractivity contribution is 0.0600. The fraction of sp³-hybridized carbons (Fsp3) is 0.0833. The molecule has 0 aliphatic rings. The van der Waals surface area contributed by atoms with Crippen molar-refractivity contribution in [2.75, 3.05) is 7.11 Å². The van der Waals surface area contributed by atoms with Crippen LogP contribution in [0.1, 0.15) is 10.4 Å². The van der Waals surface area contributed by atoms with Crippen LogP contribution in [-0.2, 0) is 4.74 Å². The highest BCUT2D eigenvalue weighted by molar-refractivity contribution is 5.89. The van der Waals surface area contributed by atoms with Gasteiger partial charge in [0, 0.05) is 0 Å². The van der Waals surface area contributed by atoms with E-state index in [0.29, 0.717) is 11.3 Å². The fourth-order valence-electron chi connectivity index (χ4n) is 1.24. The maximum absolute atomic E-state index is 12.6. The number of benzene rings is 1. The van der Waals surface area contributed by atoms with E-state index < -0.39 is 11.8 Å². The number of nitrogens with zero attached hydrogens (tertiary/aromatic N) is 2. The summed E-state index contributed by atoms with van der Waals surface area (Å²) in [6.07, 6.45) is 2.01. The quantitative estimate of drug-likeness (QED) is 0.779. The standard InChI is InChI=1S/C12H9FN2O3/c1-17-11(16)8-2-4-10(5-3-8)18-12-14-6-9(13)7-15-12/h2-7H,1H3. The first-order valence-electron chi connectivity index (χ1n) is 5.03. The number of carbonyl (C=O) groups is 1. The molecular formula is C12H9FN2O3. The summed E-state index contributed by atoms with van der Waals surface area (Å²) >= 11 is 0. The molecule has 0 unspecified atom stereocenters. The molecule has 0 saturated heterocycles. The number of esters is 1. The number of methoxy groups -OCH3 is 1. The lowest BCUT2D eigenvalue weighted by Gasteiger charge is -2.04. The molecule has 0 saturated carbocycles. The van der Waals surface area contributed by atoms with Gasteiger partial charge in [-0.05, 0) is 24.3 Å². The summed E-state index contributed by atoms with van der Waals surface area (Å²) in [7, 11) is 1.30. The van der Waals surface area contributed by atoms with E-state index in [9.17, 15) is 9.18 Å². The Morgan fingerprint density at radius 3 is 2.33 bits per heavy atom. The lowest BCUT2D eigenvalue weighted by Crippen LogP contribution is -2.00. The fourth-order valence-corrected chi connectivity index (χ4v) is 1.24. The van der Waals surface area contributed by atoms with Crippen molar-refractivity contribution in [3.05, 3.63) is 48.0 Å². The monoisotopic (exact) mass is 248 g/mol. The number of hydrogen-bond acceptors (Lipinski definition) is 5. The van der Waals surface area contributed by atoms with Crippen LogP contribution in [0.4, 0.5) is 4.39 Å². The average Bonchev–Trinajstić information content (AvgIpc) is 2.41. The molecule has 1 heterocycles. The first-order valence-corrected chi connectivity index (χ1v) is 5.03. The Bertz CT molecular complexity index is 540. The molecule has 0 radical (unpaired) electrons. The Morgan fingerprint density at radius 2 is 1.78 bits per heavy atom. The van der Waals surface area contributed by atoms with Crippen molar-refractivity contribution in [1.82, 2.24) is 9.97 Å². The lowest BCUT2D eigenvalue weighted by atomic mass is 10.2. The molecule has 0 aliphatic heterocycles. The molecule has 1 aromatic heterocycles. The number of ether oxygens (including phenoxy) is 2. The van der Waals surface area contributed by atoms with Gasteiger partial charge in [0.15, 0.2) is 5.82 Å². The molecule has 0 amide bonds. The van der Waals surface area contributed by atoms with E-state index in [4.69, 9.17) is 4.74 Å². The van der Waals surface area contributed by atoms with Gasteiger partial charge in [-0.25, -0.2) is 19.2 Å². The van der Waals surface area contributed by atoms with Gasteiger partial charge >= 0.3 is 12.0 Å². The first kappa shape index (κ1) is 12.0. The SMILES string of the molecule is COC(=O)c1ccc(Oc2ncc(F)cn2)cc1. The summed E-state index contributed by atoms with van der Waals surface area (Å²) in [6, 6.07) is 6.26. The van der Waals surface area contributed by atoms with Crippen molar-refractivity contribution in [3.8, 4) is 11.8 Å². The van der Waals surface area contributed by atoms with Crippen LogP contribution in [0.3, 0.4) is 0 Å². The molecule has 0 N–H and O–H groups in total. The Balaban J connectivity index is 2.10. The van der Waals surface area contributed by atoms with Crippen molar-refractivity contribution in [1.29, 1.82) is 0 Å². The maximum atomic E-state index is 12.6. The smallest absolute Gasteiger partial charge is 0.337 e. The molecule has 5 nitrogen and oxygen atoms in total. The Hall–Kier alpha value is -2.50. The molecule has 1 aromatic carbocycles. The molecule has 0 bridgehead atoms.